The van der Waals surface area contributed by atoms with Crippen molar-refractivity contribution in [2.45, 2.75) is 12.5 Å². The molecular formula is C6H10O4. The third-order valence-corrected chi connectivity index (χ3v) is 1.31. The van der Waals surface area contributed by atoms with Crippen molar-refractivity contribution < 1.29 is 19.0 Å². The van der Waals surface area contributed by atoms with Crippen molar-refractivity contribution in [2.75, 3.05) is 20.5 Å². The second-order valence-corrected chi connectivity index (χ2v) is 2.06. The molecule has 0 amide bonds. The van der Waals surface area contributed by atoms with E-state index in [1.54, 1.807) is 0 Å². The highest BCUT2D eigenvalue weighted by atomic mass is 16.7. The Balaban J connectivity index is 2.17. The Hall–Kier alpha value is -0.610. The van der Waals surface area contributed by atoms with E-state index < -0.39 is 0 Å². The van der Waals surface area contributed by atoms with Crippen LogP contribution in [0.5, 0.6) is 0 Å². The fourth-order valence-corrected chi connectivity index (χ4v) is 0.759. The van der Waals surface area contributed by atoms with Crippen molar-refractivity contribution >= 4 is 5.97 Å². The summed E-state index contributed by atoms with van der Waals surface area (Å²) in [5, 5.41) is 0. The van der Waals surface area contributed by atoms with E-state index in [2.05, 4.69) is 4.74 Å². The Morgan fingerprint density at radius 1 is 1.80 bits per heavy atom. The monoisotopic (exact) mass is 146 g/mol. The Bertz CT molecular complexity index is 117. The van der Waals surface area contributed by atoms with Crippen LogP contribution in [0.25, 0.3) is 0 Å². The van der Waals surface area contributed by atoms with E-state index in [1.807, 2.05) is 0 Å². The fraction of sp³-hybridized carbons (Fsp3) is 0.833. The van der Waals surface area contributed by atoms with Crippen molar-refractivity contribution in [1.29, 1.82) is 0 Å². The van der Waals surface area contributed by atoms with Gasteiger partial charge in [0, 0.05) is 0 Å². The average molecular weight is 146 g/mol. The number of hydrogen-bond donors (Lipinski definition) is 0. The summed E-state index contributed by atoms with van der Waals surface area (Å²) in [4.78, 5) is 10.6. The number of carbonyl (C=O) groups excluding carboxylic acids is 1. The highest BCUT2D eigenvalue weighted by molar-refractivity contribution is 5.69. The molecule has 0 bridgehead atoms. The molecule has 0 aromatic carbocycles. The molecule has 1 fully saturated rings. The van der Waals surface area contributed by atoms with E-state index in [9.17, 15) is 4.79 Å². The van der Waals surface area contributed by atoms with E-state index >= 15 is 0 Å². The topological polar surface area (TPSA) is 44.8 Å². The maximum atomic E-state index is 10.6. The molecule has 4 nitrogen and oxygen atoms in total. The van der Waals surface area contributed by atoms with Gasteiger partial charge >= 0.3 is 5.97 Å². The Morgan fingerprint density at radius 2 is 2.60 bits per heavy atom. The van der Waals surface area contributed by atoms with E-state index in [0.29, 0.717) is 13.4 Å². The molecule has 1 rings (SSSR count). The van der Waals surface area contributed by atoms with E-state index in [-0.39, 0.29) is 18.5 Å². The first-order valence-corrected chi connectivity index (χ1v) is 3.09. The van der Waals surface area contributed by atoms with Crippen LogP contribution in [0.3, 0.4) is 0 Å². The van der Waals surface area contributed by atoms with Gasteiger partial charge in [-0.2, -0.15) is 0 Å². The van der Waals surface area contributed by atoms with Gasteiger partial charge in [-0.25, -0.2) is 0 Å². The molecule has 1 aliphatic heterocycles. The maximum Gasteiger partial charge on any atom is 0.308 e. The van der Waals surface area contributed by atoms with Crippen LogP contribution < -0.4 is 0 Å². The number of methoxy groups -OCH3 is 1. The zero-order valence-corrected chi connectivity index (χ0v) is 5.83. The molecule has 1 saturated heterocycles. The van der Waals surface area contributed by atoms with Crippen molar-refractivity contribution in [3.63, 3.8) is 0 Å². The van der Waals surface area contributed by atoms with Gasteiger partial charge in [-0.1, -0.05) is 0 Å². The lowest BCUT2D eigenvalue weighted by molar-refractivity contribution is -0.142. The van der Waals surface area contributed by atoms with Gasteiger partial charge in [0.05, 0.1) is 26.2 Å². The summed E-state index contributed by atoms with van der Waals surface area (Å²) < 4.78 is 14.3. The van der Waals surface area contributed by atoms with E-state index in [1.165, 1.54) is 7.11 Å². The third kappa shape index (κ3) is 1.97. The molecule has 0 saturated carbocycles. The van der Waals surface area contributed by atoms with Crippen LogP contribution in [0, 0.1) is 0 Å². The van der Waals surface area contributed by atoms with Gasteiger partial charge in [-0.15, -0.1) is 0 Å². The Kier molecular flexibility index (Phi) is 2.65. The SMILES string of the molecule is COC(=O)CC1COCO1. The summed E-state index contributed by atoms with van der Waals surface area (Å²) in [6.07, 6.45) is 0.184. The quantitative estimate of drug-likeness (QED) is 0.511. The predicted molar refractivity (Wildman–Crippen MR) is 32.3 cm³/mol. The molecular weight excluding hydrogens is 136 g/mol. The van der Waals surface area contributed by atoms with Crippen LogP contribution in [-0.2, 0) is 19.0 Å². The molecule has 0 aromatic rings. The van der Waals surface area contributed by atoms with Crippen LogP contribution in [0.2, 0.25) is 0 Å². The fourth-order valence-electron chi connectivity index (χ4n) is 0.759. The van der Waals surface area contributed by atoms with Crippen LogP contribution in [-0.4, -0.2) is 32.6 Å². The Morgan fingerprint density at radius 3 is 3.10 bits per heavy atom. The lowest BCUT2D eigenvalue weighted by Gasteiger charge is -2.03. The third-order valence-electron chi connectivity index (χ3n) is 1.31. The minimum absolute atomic E-state index is 0.104. The number of ether oxygens (including phenoxy) is 3. The molecule has 10 heavy (non-hydrogen) atoms. The second-order valence-electron chi connectivity index (χ2n) is 2.06. The van der Waals surface area contributed by atoms with Crippen LogP contribution >= 0.6 is 0 Å². The Labute approximate surface area is 59.1 Å². The van der Waals surface area contributed by atoms with Gasteiger partial charge < -0.3 is 14.2 Å². The lowest BCUT2D eigenvalue weighted by atomic mass is 10.3. The van der Waals surface area contributed by atoms with Gasteiger partial charge in [-0.05, 0) is 0 Å². The average Bonchev–Trinajstić information content (AvgIpc) is 2.40. The minimum Gasteiger partial charge on any atom is -0.469 e. The molecule has 0 aromatic heterocycles. The highest BCUT2D eigenvalue weighted by Crippen LogP contribution is 2.07. The molecule has 1 atom stereocenters. The van der Waals surface area contributed by atoms with Crippen molar-refractivity contribution in [3.05, 3.63) is 0 Å². The van der Waals surface area contributed by atoms with Gasteiger partial charge in [0.25, 0.3) is 0 Å². The molecule has 0 aliphatic carbocycles. The largest absolute Gasteiger partial charge is 0.469 e. The number of hydrogen-bond acceptors (Lipinski definition) is 4. The summed E-state index contributed by atoms with van der Waals surface area (Å²) in [7, 11) is 1.36. The zero-order chi connectivity index (χ0) is 7.40. The first-order valence-electron chi connectivity index (χ1n) is 3.09. The standard InChI is InChI=1S/C6H10O4/c1-8-6(7)2-5-3-9-4-10-5/h5H,2-4H2,1H3. The summed E-state index contributed by atoms with van der Waals surface area (Å²) in [6, 6.07) is 0. The molecule has 0 N–H and O–H groups in total. The summed E-state index contributed by atoms with van der Waals surface area (Å²) in [5.41, 5.74) is 0. The normalized spacial score (nSPS) is 24.7. The summed E-state index contributed by atoms with van der Waals surface area (Å²) >= 11 is 0. The number of carbonyl (C=O) groups is 1. The van der Waals surface area contributed by atoms with E-state index in [0.717, 1.165) is 0 Å². The van der Waals surface area contributed by atoms with Gasteiger partial charge in [-0.3, -0.25) is 4.79 Å². The minimum atomic E-state index is -0.254. The van der Waals surface area contributed by atoms with Crippen LogP contribution in [0.15, 0.2) is 0 Å². The molecule has 1 heterocycles. The first kappa shape index (κ1) is 7.50. The van der Waals surface area contributed by atoms with E-state index in [4.69, 9.17) is 9.47 Å². The predicted octanol–water partition coefficient (Wildman–Crippen LogP) is -0.0776. The van der Waals surface area contributed by atoms with Crippen molar-refractivity contribution in [3.8, 4) is 0 Å². The number of esters is 1. The second kappa shape index (κ2) is 3.53. The van der Waals surface area contributed by atoms with Gasteiger partial charge in [0.2, 0.25) is 0 Å². The van der Waals surface area contributed by atoms with Gasteiger partial charge in [0.15, 0.2) is 0 Å². The molecule has 1 unspecified atom stereocenters. The lowest BCUT2D eigenvalue weighted by Crippen LogP contribution is -2.16. The summed E-state index contributed by atoms with van der Waals surface area (Å²) in [5.74, 6) is -0.254. The summed E-state index contributed by atoms with van der Waals surface area (Å²) in [6.45, 7) is 0.788. The molecule has 0 radical (unpaired) electrons. The molecule has 0 spiro atoms. The zero-order valence-electron chi connectivity index (χ0n) is 5.83. The highest BCUT2D eigenvalue weighted by Gasteiger charge is 2.19. The molecule has 58 valence electrons. The maximum absolute atomic E-state index is 10.6. The van der Waals surface area contributed by atoms with Crippen LogP contribution in [0.1, 0.15) is 6.42 Å². The number of rotatable bonds is 2. The van der Waals surface area contributed by atoms with Crippen LogP contribution in [0.4, 0.5) is 0 Å². The van der Waals surface area contributed by atoms with Crippen molar-refractivity contribution in [2.24, 2.45) is 0 Å². The smallest absolute Gasteiger partial charge is 0.308 e. The first-order chi connectivity index (χ1) is 4.83. The van der Waals surface area contributed by atoms with Gasteiger partial charge in [0.1, 0.15) is 6.79 Å². The molecule has 4 heteroatoms. The van der Waals surface area contributed by atoms with Crippen molar-refractivity contribution in [1.82, 2.24) is 0 Å². The molecule has 1 aliphatic rings.